The van der Waals surface area contributed by atoms with Gasteiger partial charge in [-0.05, 0) is 63.6 Å². The Balaban J connectivity index is 1.65. The largest absolute Gasteiger partial charge is 0.465 e. The highest BCUT2D eigenvalue weighted by atomic mass is 32.2. The number of esters is 1. The molecule has 0 spiro atoms. The molecule has 192 valence electrons. The number of fused-ring (bicyclic) bond motifs is 1. The van der Waals surface area contributed by atoms with E-state index in [4.69, 9.17) is 9.47 Å². The van der Waals surface area contributed by atoms with Crippen molar-refractivity contribution in [2.75, 3.05) is 19.7 Å². The predicted molar refractivity (Wildman–Crippen MR) is 136 cm³/mol. The molecule has 2 unspecified atom stereocenters. The van der Waals surface area contributed by atoms with Crippen LogP contribution in [0.2, 0.25) is 0 Å². The number of carbonyl (C=O) groups excluding carboxylic acids is 2. The number of hydrogen-bond acceptors (Lipinski definition) is 7. The van der Waals surface area contributed by atoms with E-state index in [1.54, 1.807) is 11.5 Å². The number of carbonyl (C=O) groups is 2. The van der Waals surface area contributed by atoms with E-state index in [1.165, 1.54) is 39.9 Å². The number of thiazole rings is 1. The summed E-state index contributed by atoms with van der Waals surface area (Å²) in [7, 11) is -3.72. The lowest BCUT2D eigenvalue weighted by atomic mass is 10.2. The monoisotopic (exact) mass is 531 g/mol. The summed E-state index contributed by atoms with van der Waals surface area (Å²) in [5.41, 5.74) is 2.01. The topological polar surface area (TPSA) is 107 Å². The summed E-state index contributed by atoms with van der Waals surface area (Å²) >= 11 is 1.30. The van der Waals surface area contributed by atoms with E-state index in [-0.39, 0.29) is 48.9 Å². The van der Waals surface area contributed by atoms with Gasteiger partial charge in [0.15, 0.2) is 4.80 Å². The molecule has 9 nitrogen and oxygen atoms in total. The van der Waals surface area contributed by atoms with Crippen LogP contribution in [0.5, 0.6) is 0 Å². The van der Waals surface area contributed by atoms with Crippen LogP contribution in [0.3, 0.4) is 0 Å². The molecule has 3 aromatic rings. The van der Waals surface area contributed by atoms with Crippen LogP contribution in [-0.4, -0.2) is 61.1 Å². The molecule has 1 aromatic heterocycles. The zero-order valence-electron chi connectivity index (χ0n) is 20.6. The maximum atomic E-state index is 13.1. The van der Waals surface area contributed by atoms with Gasteiger partial charge in [0.1, 0.15) is 6.54 Å². The Morgan fingerprint density at radius 3 is 2.42 bits per heavy atom. The van der Waals surface area contributed by atoms with Crippen molar-refractivity contribution in [3.63, 3.8) is 0 Å². The Labute approximate surface area is 214 Å². The predicted octanol–water partition coefficient (Wildman–Crippen LogP) is 3.11. The highest BCUT2D eigenvalue weighted by Crippen LogP contribution is 2.23. The minimum Gasteiger partial charge on any atom is -0.465 e. The third kappa shape index (κ3) is 5.44. The molecule has 1 amide bonds. The molecule has 1 aliphatic rings. The minimum atomic E-state index is -3.72. The van der Waals surface area contributed by atoms with Crippen LogP contribution in [0.25, 0.3) is 10.2 Å². The zero-order chi connectivity index (χ0) is 26.0. The van der Waals surface area contributed by atoms with Crippen LogP contribution >= 0.6 is 11.3 Å². The van der Waals surface area contributed by atoms with Crippen LogP contribution in [0.4, 0.5) is 0 Å². The molecule has 11 heteroatoms. The smallest absolute Gasteiger partial charge is 0.326 e. The third-order valence-corrected chi connectivity index (χ3v) is 8.71. The number of ether oxygens (including phenoxy) is 2. The molecule has 0 saturated carbocycles. The fourth-order valence-electron chi connectivity index (χ4n) is 4.27. The van der Waals surface area contributed by atoms with E-state index in [2.05, 4.69) is 4.99 Å². The van der Waals surface area contributed by atoms with Crippen molar-refractivity contribution in [2.24, 2.45) is 4.99 Å². The van der Waals surface area contributed by atoms with Crippen LogP contribution in [0.15, 0.2) is 52.4 Å². The first-order valence-electron chi connectivity index (χ1n) is 11.7. The molecule has 1 saturated heterocycles. The molecule has 0 bridgehead atoms. The first-order chi connectivity index (χ1) is 17.1. The average molecular weight is 532 g/mol. The number of aryl methyl sites for hydroxylation is 1. The highest BCUT2D eigenvalue weighted by molar-refractivity contribution is 7.89. The van der Waals surface area contributed by atoms with Gasteiger partial charge >= 0.3 is 5.97 Å². The van der Waals surface area contributed by atoms with Crippen molar-refractivity contribution in [2.45, 2.75) is 51.3 Å². The Bertz CT molecular complexity index is 1450. The number of hydrogen-bond donors (Lipinski definition) is 0. The van der Waals surface area contributed by atoms with Gasteiger partial charge < -0.3 is 14.0 Å². The first kappa shape index (κ1) is 26.2. The summed E-state index contributed by atoms with van der Waals surface area (Å²) in [5, 5.41) is 0. The summed E-state index contributed by atoms with van der Waals surface area (Å²) in [6, 6.07) is 11.5. The summed E-state index contributed by atoms with van der Waals surface area (Å²) in [6.07, 6.45) is -0.399. The molecule has 0 N–H and O–H groups in total. The van der Waals surface area contributed by atoms with Crippen molar-refractivity contribution >= 4 is 43.5 Å². The van der Waals surface area contributed by atoms with Gasteiger partial charge in [-0.2, -0.15) is 9.30 Å². The SMILES string of the molecule is CCOC(=O)Cn1c(=NC(=O)c2ccc(S(=O)(=O)N3CC(C)OC(C)C3)cc2)sc2cccc(C)c21. The van der Waals surface area contributed by atoms with E-state index in [0.717, 1.165) is 15.8 Å². The Kier molecular flexibility index (Phi) is 7.74. The van der Waals surface area contributed by atoms with Gasteiger partial charge in [0.2, 0.25) is 10.0 Å². The number of aromatic nitrogens is 1. The van der Waals surface area contributed by atoms with E-state index in [1.807, 2.05) is 39.0 Å². The summed E-state index contributed by atoms with van der Waals surface area (Å²) in [5.74, 6) is -0.954. The van der Waals surface area contributed by atoms with Gasteiger partial charge in [-0.25, -0.2) is 8.42 Å². The van der Waals surface area contributed by atoms with Crippen molar-refractivity contribution in [3.05, 3.63) is 58.4 Å². The first-order valence-corrected chi connectivity index (χ1v) is 13.9. The fourth-order valence-corrected chi connectivity index (χ4v) is 6.97. The molecule has 0 radical (unpaired) electrons. The molecule has 2 heterocycles. The molecule has 1 aliphatic heterocycles. The molecule has 2 atom stereocenters. The molecule has 0 aliphatic carbocycles. The van der Waals surface area contributed by atoms with E-state index < -0.39 is 21.9 Å². The number of amides is 1. The second-order valence-electron chi connectivity index (χ2n) is 8.72. The van der Waals surface area contributed by atoms with E-state index in [0.29, 0.717) is 4.80 Å². The molecule has 4 rings (SSSR count). The third-order valence-electron chi connectivity index (χ3n) is 5.82. The lowest BCUT2D eigenvalue weighted by molar-refractivity contribution is -0.143. The minimum absolute atomic E-state index is 0.0710. The lowest BCUT2D eigenvalue weighted by Gasteiger charge is -2.34. The van der Waals surface area contributed by atoms with Crippen LogP contribution in [0.1, 0.15) is 36.7 Å². The normalized spacial score (nSPS) is 19.5. The van der Waals surface area contributed by atoms with Crippen molar-refractivity contribution in [1.29, 1.82) is 0 Å². The Morgan fingerprint density at radius 1 is 1.11 bits per heavy atom. The lowest BCUT2D eigenvalue weighted by Crippen LogP contribution is -2.48. The number of morpholine rings is 1. The molecular formula is C25H29N3O6S2. The van der Waals surface area contributed by atoms with Crippen molar-refractivity contribution < 1.29 is 27.5 Å². The van der Waals surface area contributed by atoms with E-state index >= 15 is 0 Å². The number of sulfonamides is 1. The van der Waals surface area contributed by atoms with Gasteiger partial charge in [0.25, 0.3) is 5.91 Å². The number of benzene rings is 2. The number of para-hydroxylation sites is 1. The fraction of sp³-hybridized carbons (Fsp3) is 0.400. The summed E-state index contributed by atoms with van der Waals surface area (Å²) in [6.45, 7) is 8.07. The Hall–Kier alpha value is -2.86. The van der Waals surface area contributed by atoms with Gasteiger partial charge in [-0.15, -0.1) is 0 Å². The van der Waals surface area contributed by atoms with Gasteiger partial charge in [0.05, 0.1) is 33.9 Å². The van der Waals surface area contributed by atoms with Crippen LogP contribution in [0, 0.1) is 6.92 Å². The van der Waals surface area contributed by atoms with Gasteiger partial charge in [-0.3, -0.25) is 9.59 Å². The number of rotatable bonds is 6. The van der Waals surface area contributed by atoms with E-state index in [9.17, 15) is 18.0 Å². The molecular weight excluding hydrogens is 502 g/mol. The van der Waals surface area contributed by atoms with Gasteiger partial charge in [0, 0.05) is 18.7 Å². The second-order valence-corrected chi connectivity index (χ2v) is 11.7. The maximum absolute atomic E-state index is 13.1. The van der Waals surface area contributed by atoms with Crippen LogP contribution in [-0.2, 0) is 30.8 Å². The van der Waals surface area contributed by atoms with Gasteiger partial charge in [-0.1, -0.05) is 23.5 Å². The summed E-state index contributed by atoms with van der Waals surface area (Å²) < 4.78 is 40.9. The van der Waals surface area contributed by atoms with Crippen LogP contribution < -0.4 is 4.80 Å². The quantitative estimate of drug-likeness (QED) is 0.453. The summed E-state index contributed by atoms with van der Waals surface area (Å²) in [4.78, 5) is 30.0. The Morgan fingerprint density at radius 2 is 1.78 bits per heavy atom. The molecule has 36 heavy (non-hydrogen) atoms. The zero-order valence-corrected chi connectivity index (χ0v) is 22.3. The molecule has 1 fully saturated rings. The second kappa shape index (κ2) is 10.6. The van der Waals surface area contributed by atoms with Crippen molar-refractivity contribution in [3.8, 4) is 0 Å². The average Bonchev–Trinajstić information content (AvgIpc) is 3.16. The highest BCUT2D eigenvalue weighted by Gasteiger charge is 2.32. The number of nitrogens with zero attached hydrogens (tertiary/aromatic N) is 3. The maximum Gasteiger partial charge on any atom is 0.326 e. The van der Waals surface area contributed by atoms with Crippen molar-refractivity contribution in [1.82, 2.24) is 8.87 Å². The standard InChI is InChI=1S/C25H29N3O6S2/c1-5-33-22(29)15-28-23-16(2)7-6-8-21(23)35-25(28)26-24(30)19-9-11-20(12-10-19)36(31,32)27-13-17(3)34-18(4)14-27/h6-12,17-18H,5,13-15H2,1-4H3. The molecule has 2 aromatic carbocycles.